The van der Waals surface area contributed by atoms with Crippen LogP contribution >= 0.6 is 0 Å². The van der Waals surface area contributed by atoms with Crippen molar-refractivity contribution in [1.82, 2.24) is 4.98 Å². The van der Waals surface area contributed by atoms with Crippen molar-refractivity contribution < 1.29 is 12.8 Å². The lowest BCUT2D eigenvalue weighted by Gasteiger charge is -2.11. The Kier molecular flexibility index (Phi) is 4.75. The number of benzene rings is 2. The minimum atomic E-state index is -3.66. The minimum Gasteiger partial charge on any atom is -0.465 e. The molecule has 0 saturated heterocycles. The maximum atomic E-state index is 12.6. The molecule has 0 spiro atoms. The summed E-state index contributed by atoms with van der Waals surface area (Å²) < 4.78 is 33.4. The van der Waals surface area contributed by atoms with Gasteiger partial charge in [0.1, 0.15) is 17.3 Å². The van der Waals surface area contributed by atoms with E-state index in [2.05, 4.69) is 15.0 Å². The molecule has 2 aromatic carbocycles. The second kappa shape index (κ2) is 7.36. The van der Waals surface area contributed by atoms with Crippen molar-refractivity contribution in [3.63, 3.8) is 0 Å². The molecule has 28 heavy (non-hydrogen) atoms. The van der Waals surface area contributed by atoms with E-state index >= 15 is 0 Å². The summed E-state index contributed by atoms with van der Waals surface area (Å²) in [5.41, 5.74) is 1.18. The maximum absolute atomic E-state index is 12.6. The molecule has 6 nitrogen and oxygen atoms in total. The van der Waals surface area contributed by atoms with Gasteiger partial charge in [0.05, 0.1) is 22.6 Å². The van der Waals surface area contributed by atoms with Crippen molar-refractivity contribution >= 4 is 32.4 Å². The molecule has 0 aliphatic rings. The number of nitrogens with one attached hydrogen (secondary N) is 2. The molecule has 4 rings (SSSR count). The van der Waals surface area contributed by atoms with Crippen molar-refractivity contribution in [2.24, 2.45) is 0 Å². The average molecular weight is 393 g/mol. The van der Waals surface area contributed by atoms with Gasteiger partial charge in [0.25, 0.3) is 10.0 Å². The molecule has 0 fully saturated rings. The van der Waals surface area contributed by atoms with E-state index in [-0.39, 0.29) is 4.90 Å². The van der Waals surface area contributed by atoms with Crippen LogP contribution in [0.5, 0.6) is 0 Å². The first-order valence-corrected chi connectivity index (χ1v) is 10.3. The van der Waals surface area contributed by atoms with E-state index in [9.17, 15) is 8.42 Å². The van der Waals surface area contributed by atoms with Crippen LogP contribution in [0.3, 0.4) is 0 Å². The minimum absolute atomic E-state index is 0.215. The molecule has 0 bridgehead atoms. The maximum Gasteiger partial charge on any atom is 0.261 e. The third-order valence-corrected chi connectivity index (χ3v) is 5.65. The highest BCUT2D eigenvalue weighted by Crippen LogP contribution is 2.26. The molecule has 2 aromatic heterocycles. The van der Waals surface area contributed by atoms with Gasteiger partial charge in [0.2, 0.25) is 0 Å². The highest BCUT2D eigenvalue weighted by Gasteiger charge is 2.15. The molecule has 2 heterocycles. The predicted octanol–water partition coefficient (Wildman–Crippen LogP) is 4.55. The van der Waals surface area contributed by atoms with Crippen molar-refractivity contribution in [3.05, 3.63) is 84.3 Å². The molecular weight excluding hydrogens is 374 g/mol. The number of sulfonamides is 1. The molecule has 142 valence electrons. The van der Waals surface area contributed by atoms with Crippen molar-refractivity contribution in [2.75, 3.05) is 10.0 Å². The largest absolute Gasteiger partial charge is 0.465 e. The van der Waals surface area contributed by atoms with Gasteiger partial charge in [-0.2, -0.15) is 0 Å². The number of hydrogen-bond acceptors (Lipinski definition) is 5. The van der Waals surface area contributed by atoms with Gasteiger partial charge in [-0.15, -0.1) is 0 Å². The first-order valence-electron chi connectivity index (χ1n) is 8.78. The molecule has 0 unspecified atom stereocenters. The molecule has 0 atom stereocenters. The molecule has 0 amide bonds. The van der Waals surface area contributed by atoms with E-state index in [1.54, 1.807) is 42.5 Å². The molecule has 0 aliphatic carbocycles. The fourth-order valence-electron chi connectivity index (χ4n) is 2.90. The van der Waals surface area contributed by atoms with E-state index in [1.165, 1.54) is 0 Å². The standard InChI is InChI=1S/C21H19N3O3S/c1-15-10-11-16(27-15)14-22-21-13-12-18-19(23-21)8-5-9-20(18)24-28(25,26)17-6-3-2-4-7-17/h2-13,24H,14H2,1H3,(H,22,23). The van der Waals surface area contributed by atoms with Gasteiger partial charge < -0.3 is 9.73 Å². The number of rotatable bonds is 6. The van der Waals surface area contributed by atoms with Crippen molar-refractivity contribution in [2.45, 2.75) is 18.4 Å². The van der Waals surface area contributed by atoms with Crippen molar-refractivity contribution in [1.29, 1.82) is 0 Å². The smallest absolute Gasteiger partial charge is 0.261 e. The van der Waals surface area contributed by atoms with Gasteiger partial charge in [0, 0.05) is 5.39 Å². The van der Waals surface area contributed by atoms with Crippen LogP contribution in [-0.2, 0) is 16.6 Å². The zero-order valence-electron chi connectivity index (χ0n) is 15.2. The SMILES string of the molecule is Cc1ccc(CNc2ccc3c(NS(=O)(=O)c4ccccc4)cccc3n2)o1. The summed E-state index contributed by atoms with van der Waals surface area (Å²) in [5.74, 6) is 2.37. The third-order valence-electron chi connectivity index (χ3n) is 4.27. The van der Waals surface area contributed by atoms with Crippen LogP contribution < -0.4 is 10.0 Å². The van der Waals surface area contributed by atoms with Crippen LogP contribution in [0, 0.1) is 6.92 Å². The lowest BCUT2D eigenvalue weighted by atomic mass is 10.2. The second-order valence-corrected chi connectivity index (χ2v) is 8.04. The van der Waals surface area contributed by atoms with Crippen LogP contribution in [0.15, 0.2) is 82.1 Å². The number of anilines is 2. The summed E-state index contributed by atoms with van der Waals surface area (Å²) in [6, 6.07) is 21.1. The zero-order valence-corrected chi connectivity index (χ0v) is 16.0. The highest BCUT2D eigenvalue weighted by atomic mass is 32.2. The number of nitrogens with zero attached hydrogens (tertiary/aromatic N) is 1. The van der Waals surface area contributed by atoms with Gasteiger partial charge in [0.15, 0.2) is 0 Å². The Morgan fingerprint density at radius 1 is 0.929 bits per heavy atom. The van der Waals surface area contributed by atoms with E-state index in [0.29, 0.717) is 23.6 Å². The normalized spacial score (nSPS) is 11.5. The van der Waals surface area contributed by atoms with Crippen molar-refractivity contribution in [3.8, 4) is 0 Å². The monoisotopic (exact) mass is 393 g/mol. The van der Waals surface area contributed by atoms with Crippen LogP contribution in [0.25, 0.3) is 10.9 Å². The number of fused-ring (bicyclic) bond motifs is 1. The molecular formula is C21H19N3O3S. The molecule has 0 radical (unpaired) electrons. The summed E-state index contributed by atoms with van der Waals surface area (Å²) in [7, 11) is -3.66. The Morgan fingerprint density at radius 2 is 1.75 bits per heavy atom. The lowest BCUT2D eigenvalue weighted by molar-refractivity contribution is 0.490. The Hall–Kier alpha value is -3.32. The summed E-state index contributed by atoms with van der Waals surface area (Å²) in [5, 5.41) is 3.94. The van der Waals surface area contributed by atoms with Crippen LogP contribution in [0.1, 0.15) is 11.5 Å². The van der Waals surface area contributed by atoms with Gasteiger partial charge in [-0.3, -0.25) is 4.72 Å². The highest BCUT2D eigenvalue weighted by molar-refractivity contribution is 7.92. The van der Waals surface area contributed by atoms with Crippen LogP contribution in [0.4, 0.5) is 11.5 Å². The topological polar surface area (TPSA) is 84.2 Å². The summed E-state index contributed by atoms with van der Waals surface area (Å²) in [6.07, 6.45) is 0. The third kappa shape index (κ3) is 3.84. The Bertz CT molecular complexity index is 1220. The van der Waals surface area contributed by atoms with E-state index in [0.717, 1.165) is 16.9 Å². The molecule has 7 heteroatoms. The van der Waals surface area contributed by atoms with E-state index in [1.807, 2.05) is 37.3 Å². The number of hydrogen-bond donors (Lipinski definition) is 2. The van der Waals surface area contributed by atoms with E-state index < -0.39 is 10.0 Å². The summed E-state index contributed by atoms with van der Waals surface area (Å²) in [4.78, 5) is 4.79. The number of aromatic nitrogens is 1. The Morgan fingerprint density at radius 3 is 2.50 bits per heavy atom. The quantitative estimate of drug-likeness (QED) is 0.502. The summed E-state index contributed by atoms with van der Waals surface area (Å²) >= 11 is 0. The first-order chi connectivity index (χ1) is 13.5. The van der Waals surface area contributed by atoms with Crippen LogP contribution in [-0.4, -0.2) is 13.4 Å². The zero-order chi connectivity index (χ0) is 19.6. The predicted molar refractivity (Wildman–Crippen MR) is 110 cm³/mol. The summed E-state index contributed by atoms with van der Waals surface area (Å²) in [6.45, 7) is 2.42. The number of aryl methyl sites for hydroxylation is 1. The fourth-order valence-corrected chi connectivity index (χ4v) is 4.00. The van der Waals surface area contributed by atoms with E-state index in [4.69, 9.17) is 4.42 Å². The molecule has 4 aromatic rings. The number of pyridine rings is 1. The average Bonchev–Trinajstić information content (AvgIpc) is 3.12. The Balaban J connectivity index is 1.59. The Labute approximate surface area is 163 Å². The molecule has 2 N–H and O–H groups in total. The number of furan rings is 1. The molecule has 0 aliphatic heterocycles. The molecule has 0 saturated carbocycles. The van der Waals surface area contributed by atoms with Crippen LogP contribution in [0.2, 0.25) is 0 Å². The first kappa shape index (κ1) is 18.1. The van der Waals surface area contributed by atoms with Gasteiger partial charge >= 0.3 is 0 Å². The second-order valence-electron chi connectivity index (χ2n) is 6.35. The lowest BCUT2D eigenvalue weighted by Crippen LogP contribution is -2.13. The fraction of sp³-hybridized carbons (Fsp3) is 0.0952. The van der Waals surface area contributed by atoms with Gasteiger partial charge in [-0.1, -0.05) is 24.3 Å². The van der Waals surface area contributed by atoms with Gasteiger partial charge in [-0.05, 0) is 55.5 Å². The van der Waals surface area contributed by atoms with Gasteiger partial charge in [-0.25, -0.2) is 13.4 Å².